The average molecular weight is 290 g/mol. The van der Waals surface area contributed by atoms with E-state index in [1.54, 1.807) is 6.07 Å². The normalized spacial score (nSPS) is 22.4. The van der Waals surface area contributed by atoms with E-state index in [9.17, 15) is 4.79 Å². The standard InChI is InChI=1S/C15H22N4O2/c20-15(16-10-12-6-3-9-21-12)13-7-8-14(19-18-13)17-11-4-1-2-5-11/h7-8,11-12H,1-6,9-10H2,(H,16,20)(H,17,19). The van der Waals surface area contributed by atoms with Crippen LogP contribution in [0, 0.1) is 0 Å². The number of amides is 1. The van der Waals surface area contributed by atoms with Crippen molar-refractivity contribution in [1.82, 2.24) is 15.5 Å². The second kappa shape index (κ2) is 6.85. The third-order valence-corrected chi connectivity index (χ3v) is 4.12. The summed E-state index contributed by atoms with van der Waals surface area (Å²) < 4.78 is 5.47. The quantitative estimate of drug-likeness (QED) is 0.864. The van der Waals surface area contributed by atoms with Crippen LogP contribution < -0.4 is 10.6 Å². The van der Waals surface area contributed by atoms with Crippen molar-refractivity contribution >= 4 is 11.7 Å². The van der Waals surface area contributed by atoms with Gasteiger partial charge in [-0.3, -0.25) is 4.79 Å². The van der Waals surface area contributed by atoms with E-state index in [2.05, 4.69) is 20.8 Å². The molecular formula is C15H22N4O2. The van der Waals surface area contributed by atoms with Crippen LogP contribution in [0.1, 0.15) is 49.0 Å². The number of anilines is 1. The first-order valence-electron chi connectivity index (χ1n) is 7.81. The highest BCUT2D eigenvalue weighted by atomic mass is 16.5. The molecule has 0 radical (unpaired) electrons. The molecular weight excluding hydrogens is 268 g/mol. The van der Waals surface area contributed by atoms with E-state index in [4.69, 9.17) is 4.74 Å². The van der Waals surface area contributed by atoms with Gasteiger partial charge in [-0.25, -0.2) is 0 Å². The van der Waals surface area contributed by atoms with Crippen LogP contribution in [0.25, 0.3) is 0 Å². The van der Waals surface area contributed by atoms with Crippen LogP contribution >= 0.6 is 0 Å². The molecule has 114 valence electrons. The van der Waals surface area contributed by atoms with Crippen molar-refractivity contribution < 1.29 is 9.53 Å². The van der Waals surface area contributed by atoms with Gasteiger partial charge in [0.15, 0.2) is 5.69 Å². The maximum atomic E-state index is 12.0. The number of carbonyl (C=O) groups is 1. The Morgan fingerprint density at radius 2 is 2.05 bits per heavy atom. The molecule has 1 unspecified atom stereocenters. The molecule has 2 fully saturated rings. The van der Waals surface area contributed by atoms with E-state index >= 15 is 0 Å². The van der Waals surface area contributed by atoms with Gasteiger partial charge in [0.05, 0.1) is 6.10 Å². The lowest BCUT2D eigenvalue weighted by Gasteiger charge is -2.12. The Morgan fingerprint density at radius 1 is 1.19 bits per heavy atom. The summed E-state index contributed by atoms with van der Waals surface area (Å²) in [7, 11) is 0. The molecule has 1 saturated heterocycles. The first kappa shape index (κ1) is 14.3. The van der Waals surface area contributed by atoms with Crippen molar-refractivity contribution in [2.75, 3.05) is 18.5 Å². The average Bonchev–Trinajstić information content (AvgIpc) is 3.19. The summed E-state index contributed by atoms with van der Waals surface area (Å²) in [5, 5.41) is 14.3. The number of rotatable bonds is 5. The lowest BCUT2D eigenvalue weighted by atomic mass is 10.2. The molecule has 21 heavy (non-hydrogen) atoms. The molecule has 1 aliphatic carbocycles. The molecule has 1 aromatic heterocycles. The van der Waals surface area contributed by atoms with Gasteiger partial charge in [-0.1, -0.05) is 12.8 Å². The zero-order valence-corrected chi connectivity index (χ0v) is 12.2. The lowest BCUT2D eigenvalue weighted by Crippen LogP contribution is -2.32. The molecule has 1 saturated carbocycles. The van der Waals surface area contributed by atoms with Gasteiger partial charge >= 0.3 is 0 Å². The molecule has 1 amide bonds. The van der Waals surface area contributed by atoms with Gasteiger partial charge in [-0.2, -0.15) is 0 Å². The number of carbonyl (C=O) groups excluding carboxylic acids is 1. The first-order valence-corrected chi connectivity index (χ1v) is 7.81. The fourth-order valence-electron chi connectivity index (χ4n) is 2.91. The fraction of sp³-hybridized carbons (Fsp3) is 0.667. The fourth-order valence-corrected chi connectivity index (χ4v) is 2.91. The van der Waals surface area contributed by atoms with E-state index < -0.39 is 0 Å². The SMILES string of the molecule is O=C(NCC1CCCO1)c1ccc(NC2CCCC2)nn1. The Bertz CT molecular complexity index is 465. The number of nitrogens with one attached hydrogen (secondary N) is 2. The maximum absolute atomic E-state index is 12.0. The van der Waals surface area contributed by atoms with Crippen molar-refractivity contribution in [3.8, 4) is 0 Å². The minimum atomic E-state index is -0.189. The molecule has 3 rings (SSSR count). The van der Waals surface area contributed by atoms with Gasteiger partial charge < -0.3 is 15.4 Å². The number of hydrogen-bond donors (Lipinski definition) is 2. The van der Waals surface area contributed by atoms with E-state index in [0.29, 0.717) is 18.3 Å². The molecule has 1 aliphatic heterocycles. The van der Waals surface area contributed by atoms with Crippen LogP contribution in [0.15, 0.2) is 12.1 Å². The van der Waals surface area contributed by atoms with Crippen LogP contribution in [0.4, 0.5) is 5.82 Å². The van der Waals surface area contributed by atoms with Gasteiger partial charge in [0.2, 0.25) is 0 Å². The smallest absolute Gasteiger partial charge is 0.271 e. The molecule has 0 aromatic carbocycles. The molecule has 6 nitrogen and oxygen atoms in total. The van der Waals surface area contributed by atoms with Crippen molar-refractivity contribution in [2.45, 2.75) is 50.7 Å². The molecule has 2 N–H and O–H groups in total. The lowest BCUT2D eigenvalue weighted by molar-refractivity contribution is 0.0853. The summed E-state index contributed by atoms with van der Waals surface area (Å²) in [6, 6.07) is 4.04. The summed E-state index contributed by atoms with van der Waals surface area (Å²) in [5.74, 6) is 0.558. The van der Waals surface area contributed by atoms with E-state index in [0.717, 1.165) is 25.3 Å². The third-order valence-electron chi connectivity index (χ3n) is 4.12. The molecule has 2 heterocycles. The molecule has 1 atom stereocenters. The highest BCUT2D eigenvalue weighted by molar-refractivity contribution is 5.92. The predicted molar refractivity (Wildman–Crippen MR) is 79.2 cm³/mol. The summed E-state index contributed by atoms with van der Waals surface area (Å²) in [5.41, 5.74) is 0.352. The summed E-state index contributed by atoms with van der Waals surface area (Å²) >= 11 is 0. The van der Waals surface area contributed by atoms with Gasteiger partial charge in [-0.05, 0) is 37.8 Å². The molecule has 1 aromatic rings. The third kappa shape index (κ3) is 3.91. The van der Waals surface area contributed by atoms with Gasteiger partial charge in [0.25, 0.3) is 5.91 Å². The number of hydrogen-bond acceptors (Lipinski definition) is 5. The Kier molecular flexibility index (Phi) is 4.65. The highest BCUT2D eigenvalue weighted by Gasteiger charge is 2.18. The maximum Gasteiger partial charge on any atom is 0.271 e. The Hall–Kier alpha value is -1.69. The summed E-state index contributed by atoms with van der Waals surface area (Å²) in [6.07, 6.45) is 7.14. The van der Waals surface area contributed by atoms with Crippen molar-refractivity contribution in [2.24, 2.45) is 0 Å². The highest BCUT2D eigenvalue weighted by Crippen LogP contribution is 2.21. The van der Waals surface area contributed by atoms with Crippen LogP contribution in [-0.2, 0) is 4.74 Å². The molecule has 0 bridgehead atoms. The predicted octanol–water partition coefficient (Wildman–Crippen LogP) is 1.74. The van der Waals surface area contributed by atoms with E-state index in [-0.39, 0.29) is 12.0 Å². The summed E-state index contributed by atoms with van der Waals surface area (Å²) in [6.45, 7) is 1.34. The zero-order valence-electron chi connectivity index (χ0n) is 12.2. The zero-order chi connectivity index (χ0) is 14.5. The van der Waals surface area contributed by atoms with Gasteiger partial charge in [-0.15, -0.1) is 10.2 Å². The Balaban J connectivity index is 1.49. The minimum absolute atomic E-state index is 0.144. The van der Waals surface area contributed by atoms with E-state index in [1.165, 1.54) is 25.7 Å². The van der Waals surface area contributed by atoms with Crippen LogP contribution in [0.3, 0.4) is 0 Å². The van der Waals surface area contributed by atoms with Crippen molar-refractivity contribution in [1.29, 1.82) is 0 Å². The summed E-state index contributed by atoms with van der Waals surface area (Å²) in [4.78, 5) is 12.0. The molecule has 0 spiro atoms. The first-order chi connectivity index (χ1) is 10.3. The minimum Gasteiger partial charge on any atom is -0.376 e. The van der Waals surface area contributed by atoms with Gasteiger partial charge in [0, 0.05) is 19.2 Å². The number of aromatic nitrogens is 2. The monoisotopic (exact) mass is 290 g/mol. The number of nitrogens with zero attached hydrogens (tertiary/aromatic N) is 2. The molecule has 6 heteroatoms. The second-order valence-electron chi connectivity index (χ2n) is 5.77. The topological polar surface area (TPSA) is 76.1 Å². The van der Waals surface area contributed by atoms with Crippen LogP contribution in [-0.4, -0.2) is 41.4 Å². The Labute approximate surface area is 124 Å². The van der Waals surface area contributed by atoms with Crippen LogP contribution in [0.2, 0.25) is 0 Å². The second-order valence-corrected chi connectivity index (χ2v) is 5.77. The van der Waals surface area contributed by atoms with Gasteiger partial charge in [0.1, 0.15) is 5.82 Å². The largest absolute Gasteiger partial charge is 0.376 e. The van der Waals surface area contributed by atoms with E-state index in [1.807, 2.05) is 6.07 Å². The van der Waals surface area contributed by atoms with Crippen molar-refractivity contribution in [3.05, 3.63) is 17.8 Å². The number of ether oxygens (including phenoxy) is 1. The Morgan fingerprint density at radius 3 is 2.71 bits per heavy atom. The van der Waals surface area contributed by atoms with Crippen molar-refractivity contribution in [3.63, 3.8) is 0 Å². The van der Waals surface area contributed by atoms with Crippen LogP contribution in [0.5, 0.6) is 0 Å². The molecule has 2 aliphatic rings.